The van der Waals surface area contributed by atoms with Crippen LogP contribution in [0.3, 0.4) is 0 Å². The first-order valence-electron chi connectivity index (χ1n) is 8.65. The van der Waals surface area contributed by atoms with Crippen molar-refractivity contribution in [1.82, 2.24) is 0 Å². The molecule has 1 unspecified atom stereocenters. The van der Waals surface area contributed by atoms with Gasteiger partial charge in [-0.1, -0.05) is 58.0 Å². The summed E-state index contributed by atoms with van der Waals surface area (Å²) in [5.41, 5.74) is 1.99. The number of rotatable bonds is 3. The maximum atomic E-state index is 11.6. The summed E-state index contributed by atoms with van der Waals surface area (Å²) in [5.74, 6) is -0.724. The van der Waals surface area contributed by atoms with Crippen LogP contribution in [0.4, 0.5) is 0 Å². The molecule has 0 bridgehead atoms. The third-order valence-corrected chi connectivity index (χ3v) is 5.11. The lowest BCUT2D eigenvalue weighted by Crippen LogP contribution is -2.36. The van der Waals surface area contributed by atoms with Gasteiger partial charge in [-0.05, 0) is 29.4 Å². The van der Waals surface area contributed by atoms with Crippen molar-refractivity contribution < 1.29 is 14.6 Å². The van der Waals surface area contributed by atoms with Gasteiger partial charge in [-0.2, -0.15) is 0 Å². The van der Waals surface area contributed by atoms with Gasteiger partial charge in [0, 0.05) is 12.0 Å². The molecule has 126 valence electrons. The number of ether oxygens (including phenoxy) is 2. The van der Waals surface area contributed by atoms with Crippen LogP contribution in [-0.4, -0.2) is 18.3 Å². The van der Waals surface area contributed by atoms with E-state index in [0.29, 0.717) is 13.2 Å². The molecule has 1 aliphatic carbocycles. The molecule has 3 heteroatoms. The molecular weight excluding hydrogens is 288 g/mol. The van der Waals surface area contributed by atoms with Gasteiger partial charge in [0.15, 0.2) is 5.79 Å². The molecule has 1 atom stereocenters. The molecule has 1 heterocycles. The lowest BCUT2D eigenvalue weighted by Gasteiger charge is -2.39. The SMILES string of the molecule is CCC1(c2ccccc2C2(O)CCC=C2C(C)(C)C)OCCO1. The van der Waals surface area contributed by atoms with E-state index >= 15 is 0 Å². The molecule has 2 aliphatic rings. The number of benzene rings is 1. The maximum absolute atomic E-state index is 11.6. The van der Waals surface area contributed by atoms with Crippen molar-refractivity contribution >= 4 is 0 Å². The van der Waals surface area contributed by atoms with Crippen molar-refractivity contribution in [2.75, 3.05) is 13.2 Å². The second-order valence-electron chi connectivity index (χ2n) is 7.62. The predicted octanol–water partition coefficient (Wildman–Crippen LogP) is 4.25. The first-order valence-corrected chi connectivity index (χ1v) is 8.65. The Hall–Kier alpha value is -1.16. The topological polar surface area (TPSA) is 38.7 Å². The van der Waals surface area contributed by atoms with Crippen LogP contribution in [0.5, 0.6) is 0 Å². The molecule has 0 aromatic heterocycles. The number of hydrogen-bond acceptors (Lipinski definition) is 3. The fraction of sp³-hybridized carbons (Fsp3) is 0.600. The van der Waals surface area contributed by atoms with E-state index in [9.17, 15) is 5.11 Å². The van der Waals surface area contributed by atoms with E-state index < -0.39 is 11.4 Å². The van der Waals surface area contributed by atoms with Gasteiger partial charge in [-0.25, -0.2) is 0 Å². The van der Waals surface area contributed by atoms with Crippen LogP contribution in [0, 0.1) is 5.41 Å². The van der Waals surface area contributed by atoms with Crippen LogP contribution in [0.1, 0.15) is 58.1 Å². The Kier molecular flexibility index (Phi) is 4.16. The van der Waals surface area contributed by atoms with Crippen molar-refractivity contribution in [3.8, 4) is 0 Å². The Morgan fingerprint density at radius 1 is 1.09 bits per heavy atom. The highest BCUT2D eigenvalue weighted by Gasteiger charge is 2.47. The lowest BCUT2D eigenvalue weighted by atomic mass is 9.72. The first kappa shape index (κ1) is 16.7. The third kappa shape index (κ3) is 2.65. The number of hydrogen-bond donors (Lipinski definition) is 1. The largest absolute Gasteiger partial charge is 0.381 e. The second kappa shape index (κ2) is 5.73. The van der Waals surface area contributed by atoms with E-state index in [1.54, 1.807) is 0 Å². The normalized spacial score (nSPS) is 27.3. The Morgan fingerprint density at radius 2 is 1.70 bits per heavy atom. The molecule has 1 aromatic carbocycles. The zero-order chi connectivity index (χ0) is 16.7. The second-order valence-corrected chi connectivity index (χ2v) is 7.62. The summed E-state index contributed by atoms with van der Waals surface area (Å²) in [7, 11) is 0. The smallest absolute Gasteiger partial charge is 0.195 e. The summed E-state index contributed by atoms with van der Waals surface area (Å²) in [6, 6.07) is 8.07. The lowest BCUT2D eigenvalue weighted by molar-refractivity contribution is -0.169. The van der Waals surface area contributed by atoms with Crippen LogP contribution < -0.4 is 0 Å². The minimum absolute atomic E-state index is 0.0743. The third-order valence-electron chi connectivity index (χ3n) is 5.11. The Bertz CT molecular complexity index is 606. The molecule has 1 N–H and O–H groups in total. The van der Waals surface area contributed by atoms with Gasteiger partial charge < -0.3 is 14.6 Å². The average Bonchev–Trinajstić information content (AvgIpc) is 3.14. The molecule has 0 spiro atoms. The van der Waals surface area contributed by atoms with E-state index in [1.807, 2.05) is 24.3 Å². The van der Waals surface area contributed by atoms with Gasteiger partial charge in [0.2, 0.25) is 0 Å². The molecule has 3 rings (SSSR count). The highest BCUT2D eigenvalue weighted by Crippen LogP contribution is 2.51. The predicted molar refractivity (Wildman–Crippen MR) is 91.0 cm³/mol. The quantitative estimate of drug-likeness (QED) is 0.847. The molecule has 0 radical (unpaired) electrons. The Balaban J connectivity index is 2.13. The fourth-order valence-corrected chi connectivity index (χ4v) is 4.12. The van der Waals surface area contributed by atoms with Crippen molar-refractivity contribution in [3.63, 3.8) is 0 Å². The zero-order valence-corrected chi connectivity index (χ0v) is 14.7. The Morgan fingerprint density at radius 3 is 2.26 bits per heavy atom. The minimum atomic E-state index is -0.938. The van der Waals surface area contributed by atoms with Crippen molar-refractivity contribution in [1.29, 1.82) is 0 Å². The molecule has 0 amide bonds. The van der Waals surface area contributed by atoms with Gasteiger partial charge in [0.25, 0.3) is 0 Å². The Labute approximate surface area is 139 Å². The average molecular weight is 316 g/mol. The van der Waals surface area contributed by atoms with Crippen molar-refractivity contribution in [2.24, 2.45) is 5.41 Å². The summed E-state index contributed by atoms with van der Waals surface area (Å²) >= 11 is 0. The number of allylic oxidation sites excluding steroid dienone is 1. The molecular formula is C20H28O3. The van der Waals surface area contributed by atoms with Crippen LogP contribution in [0.15, 0.2) is 35.9 Å². The van der Waals surface area contributed by atoms with Crippen LogP contribution in [-0.2, 0) is 20.9 Å². The molecule has 1 aromatic rings. The van der Waals surface area contributed by atoms with Crippen LogP contribution >= 0.6 is 0 Å². The summed E-state index contributed by atoms with van der Waals surface area (Å²) < 4.78 is 12.0. The van der Waals surface area contributed by atoms with E-state index in [1.165, 1.54) is 0 Å². The van der Waals surface area contributed by atoms with Gasteiger partial charge in [0.05, 0.1) is 13.2 Å². The molecule has 23 heavy (non-hydrogen) atoms. The molecule has 1 fully saturated rings. The molecule has 1 aliphatic heterocycles. The molecule has 1 saturated heterocycles. The maximum Gasteiger partial charge on any atom is 0.195 e. The summed E-state index contributed by atoms with van der Waals surface area (Å²) in [6.45, 7) is 9.76. The summed E-state index contributed by atoms with van der Waals surface area (Å²) in [5, 5.41) is 11.6. The van der Waals surface area contributed by atoms with Crippen molar-refractivity contribution in [3.05, 3.63) is 47.0 Å². The molecule has 3 nitrogen and oxygen atoms in total. The highest BCUT2D eigenvalue weighted by molar-refractivity contribution is 5.45. The van der Waals surface area contributed by atoms with Gasteiger partial charge in [-0.15, -0.1) is 0 Å². The van der Waals surface area contributed by atoms with E-state index in [0.717, 1.165) is 36.0 Å². The van der Waals surface area contributed by atoms with Crippen molar-refractivity contribution in [2.45, 2.75) is 58.3 Å². The standard InChI is InChI=1S/C20H28O3/c1-5-20(22-13-14-23-20)16-10-7-6-9-15(16)19(21)12-8-11-17(19)18(2,3)4/h6-7,9-11,21H,5,8,12-14H2,1-4H3. The van der Waals surface area contributed by atoms with E-state index in [4.69, 9.17) is 9.47 Å². The summed E-state index contributed by atoms with van der Waals surface area (Å²) in [4.78, 5) is 0. The van der Waals surface area contributed by atoms with Crippen LogP contribution in [0.25, 0.3) is 0 Å². The monoisotopic (exact) mass is 316 g/mol. The van der Waals surface area contributed by atoms with E-state index in [2.05, 4.69) is 33.8 Å². The van der Waals surface area contributed by atoms with Gasteiger partial charge >= 0.3 is 0 Å². The van der Waals surface area contributed by atoms with Gasteiger partial charge in [-0.3, -0.25) is 0 Å². The molecule has 0 saturated carbocycles. The van der Waals surface area contributed by atoms with E-state index in [-0.39, 0.29) is 5.41 Å². The number of aliphatic hydroxyl groups is 1. The zero-order valence-electron chi connectivity index (χ0n) is 14.7. The summed E-state index contributed by atoms with van der Waals surface area (Å²) in [6.07, 6.45) is 4.55. The fourth-order valence-electron chi connectivity index (χ4n) is 4.12. The van der Waals surface area contributed by atoms with Gasteiger partial charge in [0.1, 0.15) is 5.60 Å². The minimum Gasteiger partial charge on any atom is -0.381 e. The highest BCUT2D eigenvalue weighted by atomic mass is 16.7. The van der Waals surface area contributed by atoms with Crippen LogP contribution in [0.2, 0.25) is 0 Å². The first-order chi connectivity index (χ1) is 10.8.